The zero-order valence-corrected chi connectivity index (χ0v) is 20.9. The summed E-state index contributed by atoms with van der Waals surface area (Å²) >= 11 is 0. The van der Waals surface area contributed by atoms with Crippen LogP contribution in [0.4, 0.5) is 16.2 Å². The van der Waals surface area contributed by atoms with E-state index >= 15 is 0 Å². The van der Waals surface area contributed by atoms with E-state index < -0.39 is 48.4 Å². The molecule has 0 fully saturated rings. The summed E-state index contributed by atoms with van der Waals surface area (Å²) in [5.41, 5.74) is 1.62. The van der Waals surface area contributed by atoms with Crippen molar-refractivity contribution >= 4 is 41.1 Å². The quantitative estimate of drug-likeness (QED) is 0.349. The molecule has 37 heavy (non-hydrogen) atoms. The standard InChI is InChI=1S/C26H31N5O6/c1-15(2)23-24(35)30-20-10-9-18(29-26(37)27-13-17-7-5-4-6-8-17)12-19(20)25(36)31(23)14-21(32)28-16(3)11-22(33)34/h4-10,12,15-16,23H,11,13-14H2,1-3H3,(H,28,32)(H,30,35)(H,33,34)(H2,27,29,37)/t16-,23-/m0/s1. The van der Waals surface area contributed by atoms with Gasteiger partial charge in [-0.15, -0.1) is 0 Å². The molecule has 11 heteroatoms. The molecule has 2 aromatic carbocycles. The highest BCUT2D eigenvalue weighted by atomic mass is 16.4. The Labute approximate surface area is 214 Å². The summed E-state index contributed by atoms with van der Waals surface area (Å²) in [6.45, 7) is 4.93. The number of fused-ring (bicyclic) bond motifs is 1. The van der Waals surface area contributed by atoms with Crippen LogP contribution in [0.15, 0.2) is 48.5 Å². The minimum Gasteiger partial charge on any atom is -0.481 e. The van der Waals surface area contributed by atoms with Gasteiger partial charge in [-0.2, -0.15) is 0 Å². The highest BCUT2D eigenvalue weighted by Gasteiger charge is 2.38. The molecule has 1 aliphatic heterocycles. The summed E-state index contributed by atoms with van der Waals surface area (Å²) in [4.78, 5) is 63.7. The Hall–Kier alpha value is -4.41. The second-order valence-electron chi connectivity index (χ2n) is 9.23. The number of benzene rings is 2. The van der Waals surface area contributed by atoms with Crippen molar-refractivity contribution in [1.29, 1.82) is 0 Å². The van der Waals surface area contributed by atoms with Gasteiger partial charge in [-0.3, -0.25) is 19.2 Å². The lowest BCUT2D eigenvalue weighted by Crippen LogP contribution is -2.52. The number of carbonyl (C=O) groups is 5. The maximum Gasteiger partial charge on any atom is 0.319 e. The van der Waals surface area contributed by atoms with Gasteiger partial charge in [0, 0.05) is 18.3 Å². The molecular formula is C26H31N5O6. The van der Waals surface area contributed by atoms with Crippen molar-refractivity contribution in [3.05, 3.63) is 59.7 Å². The molecule has 0 unspecified atom stereocenters. The number of hydrogen-bond acceptors (Lipinski definition) is 5. The number of carboxylic acid groups (broad SMARTS) is 1. The van der Waals surface area contributed by atoms with E-state index in [1.807, 2.05) is 30.3 Å². The molecule has 1 heterocycles. The van der Waals surface area contributed by atoms with Gasteiger partial charge in [-0.05, 0) is 36.6 Å². The van der Waals surface area contributed by atoms with Crippen LogP contribution in [0.25, 0.3) is 0 Å². The van der Waals surface area contributed by atoms with Gasteiger partial charge in [0.05, 0.1) is 17.7 Å². The van der Waals surface area contributed by atoms with Crippen molar-refractivity contribution in [2.24, 2.45) is 5.92 Å². The first kappa shape index (κ1) is 27.2. The predicted molar refractivity (Wildman–Crippen MR) is 137 cm³/mol. The molecule has 0 spiro atoms. The van der Waals surface area contributed by atoms with Crippen LogP contribution in [-0.2, 0) is 20.9 Å². The minimum atomic E-state index is -1.07. The summed E-state index contributed by atoms with van der Waals surface area (Å²) in [5.74, 6) is -2.99. The summed E-state index contributed by atoms with van der Waals surface area (Å²) < 4.78 is 0. The van der Waals surface area contributed by atoms with E-state index in [0.717, 1.165) is 5.56 Å². The molecule has 11 nitrogen and oxygen atoms in total. The van der Waals surface area contributed by atoms with Crippen LogP contribution < -0.4 is 21.3 Å². The average molecular weight is 510 g/mol. The van der Waals surface area contributed by atoms with E-state index in [9.17, 15) is 24.0 Å². The topological polar surface area (TPSA) is 157 Å². The highest BCUT2D eigenvalue weighted by molar-refractivity contribution is 6.11. The third-order valence-corrected chi connectivity index (χ3v) is 5.76. The van der Waals surface area contributed by atoms with Crippen LogP contribution in [0.3, 0.4) is 0 Å². The van der Waals surface area contributed by atoms with Crippen molar-refractivity contribution in [3.63, 3.8) is 0 Å². The monoisotopic (exact) mass is 509 g/mol. The highest BCUT2D eigenvalue weighted by Crippen LogP contribution is 2.28. The number of urea groups is 1. The lowest BCUT2D eigenvalue weighted by molar-refractivity contribution is -0.137. The van der Waals surface area contributed by atoms with Crippen LogP contribution in [0.1, 0.15) is 43.1 Å². The number of carbonyl (C=O) groups excluding carboxylic acids is 4. The van der Waals surface area contributed by atoms with E-state index in [0.29, 0.717) is 12.2 Å². The molecule has 196 valence electrons. The fraction of sp³-hybridized carbons (Fsp3) is 0.346. The van der Waals surface area contributed by atoms with Gasteiger partial charge in [-0.1, -0.05) is 44.2 Å². The molecule has 0 saturated carbocycles. The predicted octanol–water partition coefficient (Wildman–Crippen LogP) is 2.41. The lowest BCUT2D eigenvalue weighted by Gasteiger charge is -2.31. The number of hydrogen-bond donors (Lipinski definition) is 5. The number of nitrogens with one attached hydrogen (secondary N) is 4. The third kappa shape index (κ3) is 7.29. The molecule has 3 rings (SSSR count). The number of rotatable bonds is 9. The molecule has 1 aliphatic rings. The zero-order chi connectivity index (χ0) is 27.1. The van der Waals surface area contributed by atoms with Crippen molar-refractivity contribution in [1.82, 2.24) is 15.5 Å². The van der Waals surface area contributed by atoms with E-state index in [-0.39, 0.29) is 23.6 Å². The molecule has 0 aliphatic carbocycles. The van der Waals surface area contributed by atoms with Gasteiger partial charge >= 0.3 is 12.0 Å². The van der Waals surface area contributed by atoms with E-state index in [1.165, 1.54) is 17.0 Å². The van der Waals surface area contributed by atoms with Gasteiger partial charge in [0.1, 0.15) is 12.6 Å². The van der Waals surface area contributed by atoms with Crippen molar-refractivity contribution in [2.45, 2.75) is 45.8 Å². The van der Waals surface area contributed by atoms with Gasteiger partial charge in [0.15, 0.2) is 0 Å². The number of amides is 5. The molecule has 5 N–H and O–H groups in total. The first-order chi connectivity index (χ1) is 17.5. The molecule has 5 amide bonds. The van der Waals surface area contributed by atoms with Crippen LogP contribution in [0, 0.1) is 5.92 Å². The molecule has 0 bridgehead atoms. The Balaban J connectivity index is 1.79. The Morgan fingerprint density at radius 1 is 1.05 bits per heavy atom. The largest absolute Gasteiger partial charge is 0.481 e. The number of anilines is 2. The van der Waals surface area contributed by atoms with Gasteiger partial charge in [-0.25, -0.2) is 4.79 Å². The van der Waals surface area contributed by atoms with Crippen molar-refractivity contribution in [3.8, 4) is 0 Å². The van der Waals surface area contributed by atoms with Crippen LogP contribution in [-0.4, -0.2) is 58.4 Å². The Morgan fingerprint density at radius 2 is 1.76 bits per heavy atom. The Morgan fingerprint density at radius 3 is 2.41 bits per heavy atom. The van der Waals surface area contributed by atoms with Crippen molar-refractivity contribution < 1.29 is 29.1 Å². The number of nitrogens with zero attached hydrogens (tertiary/aromatic N) is 1. The summed E-state index contributed by atoms with van der Waals surface area (Å²) in [6.07, 6.45) is -0.280. The van der Waals surface area contributed by atoms with Crippen LogP contribution in [0.5, 0.6) is 0 Å². The molecule has 0 saturated heterocycles. The van der Waals surface area contributed by atoms with Gasteiger partial charge in [0.2, 0.25) is 11.8 Å². The van der Waals surface area contributed by atoms with Crippen molar-refractivity contribution in [2.75, 3.05) is 17.2 Å². The number of aliphatic carboxylic acids is 1. The fourth-order valence-electron chi connectivity index (χ4n) is 4.11. The second kappa shape index (κ2) is 12.0. The summed E-state index contributed by atoms with van der Waals surface area (Å²) in [7, 11) is 0. The maximum atomic E-state index is 13.6. The Bertz CT molecular complexity index is 1180. The molecule has 2 atom stereocenters. The lowest BCUT2D eigenvalue weighted by atomic mass is 10.0. The Kier molecular flexibility index (Phi) is 8.83. The fourth-order valence-corrected chi connectivity index (χ4v) is 4.11. The molecule has 2 aromatic rings. The first-order valence-corrected chi connectivity index (χ1v) is 11.9. The third-order valence-electron chi connectivity index (χ3n) is 5.76. The molecule has 0 radical (unpaired) electrons. The average Bonchev–Trinajstić information content (AvgIpc) is 2.92. The van der Waals surface area contributed by atoms with E-state index in [4.69, 9.17) is 5.11 Å². The maximum absolute atomic E-state index is 13.6. The summed E-state index contributed by atoms with van der Waals surface area (Å²) in [5, 5.41) is 19.6. The second-order valence-corrected chi connectivity index (χ2v) is 9.23. The van der Waals surface area contributed by atoms with Crippen LogP contribution >= 0.6 is 0 Å². The minimum absolute atomic E-state index is 0.115. The van der Waals surface area contributed by atoms with Crippen LogP contribution in [0.2, 0.25) is 0 Å². The van der Waals surface area contributed by atoms with Gasteiger partial charge < -0.3 is 31.3 Å². The first-order valence-electron chi connectivity index (χ1n) is 11.9. The zero-order valence-electron chi connectivity index (χ0n) is 20.9. The number of carboxylic acids is 1. The SMILES string of the molecule is CC(C)[C@H]1C(=O)Nc2ccc(NC(=O)NCc3ccccc3)cc2C(=O)N1CC(=O)N[C@@H](C)CC(=O)O. The normalized spacial score (nSPS) is 15.8. The molecular weight excluding hydrogens is 478 g/mol. The summed E-state index contributed by atoms with van der Waals surface area (Å²) in [6, 6.07) is 11.8. The smallest absolute Gasteiger partial charge is 0.319 e. The van der Waals surface area contributed by atoms with E-state index in [2.05, 4.69) is 21.3 Å². The molecule has 0 aromatic heterocycles. The van der Waals surface area contributed by atoms with E-state index in [1.54, 1.807) is 26.8 Å². The van der Waals surface area contributed by atoms with Gasteiger partial charge in [0.25, 0.3) is 5.91 Å².